The lowest BCUT2D eigenvalue weighted by molar-refractivity contribution is 0.0944. The summed E-state index contributed by atoms with van der Waals surface area (Å²) in [5, 5.41) is 0. The monoisotopic (exact) mass is 494 g/mol. The number of aromatic nitrogens is 2. The second-order valence-electron chi connectivity index (χ2n) is 9.72. The number of nitrogens with zero attached hydrogens (tertiary/aromatic N) is 2. The Labute approximate surface area is 216 Å². The van der Waals surface area contributed by atoms with E-state index in [9.17, 15) is 9.59 Å². The normalized spacial score (nSPS) is 17.7. The minimum Gasteiger partial charge on any atom is -0.321 e. The Morgan fingerprint density at radius 3 is 2.69 bits per heavy atom. The second-order valence-corrected chi connectivity index (χ2v) is 10.8. The van der Waals surface area contributed by atoms with Crippen LogP contribution < -0.4 is 0 Å². The minimum absolute atomic E-state index is 0.127. The largest absolute Gasteiger partial charge is 0.321 e. The van der Waals surface area contributed by atoms with Crippen LogP contribution in [0.5, 0.6) is 0 Å². The third-order valence-electron chi connectivity index (χ3n) is 7.34. The average molecular weight is 495 g/mol. The fourth-order valence-corrected chi connectivity index (χ4v) is 6.24. The van der Waals surface area contributed by atoms with Crippen molar-refractivity contribution in [1.29, 1.82) is 0 Å². The predicted octanol–water partition coefficient (Wildman–Crippen LogP) is 7.65. The Morgan fingerprint density at radius 1 is 1.11 bits per heavy atom. The van der Waals surface area contributed by atoms with Gasteiger partial charge >= 0.3 is 0 Å². The highest BCUT2D eigenvalue weighted by Gasteiger charge is 2.29. The molecule has 36 heavy (non-hydrogen) atoms. The molecule has 0 N–H and O–H groups in total. The summed E-state index contributed by atoms with van der Waals surface area (Å²) in [4.78, 5) is 32.0. The van der Waals surface area contributed by atoms with E-state index in [0.717, 1.165) is 57.9 Å². The quantitative estimate of drug-likeness (QED) is 0.196. The van der Waals surface area contributed by atoms with Crippen LogP contribution in [0.2, 0.25) is 0 Å². The Balaban J connectivity index is 1.50. The van der Waals surface area contributed by atoms with Gasteiger partial charge in [0, 0.05) is 30.0 Å². The number of fused-ring (bicyclic) bond motifs is 1. The number of carbonyl (C=O) groups excluding carboxylic acids is 2. The molecule has 5 rings (SSSR count). The number of aryl methyl sites for hydroxylation is 1. The Kier molecular flexibility index (Phi) is 6.89. The zero-order valence-corrected chi connectivity index (χ0v) is 21.6. The molecule has 4 nitrogen and oxygen atoms in total. The van der Waals surface area contributed by atoms with Crippen LogP contribution in [0.4, 0.5) is 0 Å². The number of ketones is 2. The van der Waals surface area contributed by atoms with E-state index in [0.29, 0.717) is 24.3 Å². The van der Waals surface area contributed by atoms with E-state index in [-0.39, 0.29) is 17.6 Å². The average Bonchev–Trinajstić information content (AvgIpc) is 3.53. The van der Waals surface area contributed by atoms with Crippen LogP contribution in [0, 0.1) is 25.2 Å². The maximum absolute atomic E-state index is 13.0. The molecule has 0 aliphatic heterocycles. The standard InChI is InChI=1S/C31H30N2O2S/c1-4-24-14-16-30(36-24)29(35)18-21-10-8-11-23(17-21)33-27-15-13-22(28(34)5-2)19-26(27)32-31(33)25-12-7-6-9-20(25)3/h1,6-7,9,12-16,19,21,23H,5,8,10-11,17-18H2,2-3H3/t21-,23+/m1/s1. The van der Waals surface area contributed by atoms with E-state index in [1.54, 1.807) is 0 Å². The first-order valence-electron chi connectivity index (χ1n) is 12.7. The second kappa shape index (κ2) is 10.2. The van der Waals surface area contributed by atoms with E-state index in [4.69, 9.17) is 11.4 Å². The zero-order chi connectivity index (χ0) is 25.2. The van der Waals surface area contributed by atoms with Gasteiger partial charge in [0.05, 0.1) is 20.8 Å². The molecular weight excluding hydrogens is 464 g/mol. The lowest BCUT2D eigenvalue weighted by Crippen LogP contribution is -2.22. The molecule has 0 spiro atoms. The van der Waals surface area contributed by atoms with E-state index >= 15 is 0 Å². The van der Waals surface area contributed by atoms with Crippen LogP contribution in [-0.2, 0) is 0 Å². The lowest BCUT2D eigenvalue weighted by Gasteiger charge is -2.31. The first-order valence-corrected chi connectivity index (χ1v) is 13.5. The van der Waals surface area contributed by atoms with Gasteiger partial charge in [-0.25, -0.2) is 4.98 Å². The Bertz CT molecular complexity index is 1490. The van der Waals surface area contributed by atoms with Gasteiger partial charge in [-0.1, -0.05) is 43.5 Å². The summed E-state index contributed by atoms with van der Waals surface area (Å²) in [6, 6.07) is 18.2. The van der Waals surface area contributed by atoms with Crippen LogP contribution in [-0.4, -0.2) is 21.1 Å². The van der Waals surface area contributed by atoms with Gasteiger partial charge in [-0.2, -0.15) is 0 Å². The number of Topliss-reactive ketones (excluding diaryl/α,β-unsaturated/α-hetero) is 2. The van der Waals surface area contributed by atoms with Gasteiger partial charge in [0.15, 0.2) is 11.6 Å². The molecule has 0 bridgehead atoms. The third-order valence-corrected chi connectivity index (χ3v) is 8.39. The molecule has 182 valence electrons. The Hall–Kier alpha value is -3.49. The molecule has 5 heteroatoms. The summed E-state index contributed by atoms with van der Waals surface area (Å²) in [5.41, 5.74) is 4.89. The molecule has 1 aliphatic rings. The molecule has 2 heterocycles. The summed E-state index contributed by atoms with van der Waals surface area (Å²) in [7, 11) is 0. The molecule has 0 saturated heterocycles. The molecule has 2 atom stereocenters. The molecule has 0 radical (unpaired) electrons. The summed E-state index contributed by atoms with van der Waals surface area (Å²) in [5.74, 6) is 4.19. The van der Waals surface area contributed by atoms with Crippen LogP contribution in [0.1, 0.15) is 82.0 Å². The SMILES string of the molecule is C#Cc1ccc(C(=O)C[C@@H]2CCC[C@H](n3c(-c4ccccc4C)nc4cc(C(=O)CC)ccc43)C2)s1. The van der Waals surface area contributed by atoms with Crippen molar-refractivity contribution in [3.05, 3.63) is 75.5 Å². The predicted molar refractivity (Wildman–Crippen MR) is 147 cm³/mol. The number of hydrogen-bond acceptors (Lipinski definition) is 4. The summed E-state index contributed by atoms with van der Waals surface area (Å²) < 4.78 is 2.37. The molecule has 1 fully saturated rings. The van der Waals surface area contributed by atoms with Gasteiger partial charge in [0.25, 0.3) is 0 Å². The number of hydrogen-bond donors (Lipinski definition) is 0. The first-order chi connectivity index (χ1) is 17.5. The fourth-order valence-electron chi connectivity index (χ4n) is 5.47. The van der Waals surface area contributed by atoms with Gasteiger partial charge in [-0.3, -0.25) is 9.59 Å². The molecule has 2 aromatic heterocycles. The number of imidazole rings is 1. The zero-order valence-electron chi connectivity index (χ0n) is 20.8. The molecule has 4 aromatic rings. The number of terminal acetylenes is 1. The smallest absolute Gasteiger partial charge is 0.173 e. The van der Waals surface area contributed by atoms with Crippen molar-refractivity contribution in [2.75, 3.05) is 0 Å². The van der Waals surface area contributed by atoms with Crippen molar-refractivity contribution in [3.63, 3.8) is 0 Å². The van der Waals surface area contributed by atoms with Crippen LogP contribution >= 0.6 is 11.3 Å². The highest BCUT2D eigenvalue weighted by molar-refractivity contribution is 7.14. The number of benzene rings is 2. The molecule has 1 aliphatic carbocycles. The maximum Gasteiger partial charge on any atom is 0.173 e. The van der Waals surface area contributed by atoms with Gasteiger partial charge < -0.3 is 4.57 Å². The van der Waals surface area contributed by atoms with Crippen LogP contribution in [0.25, 0.3) is 22.4 Å². The van der Waals surface area contributed by atoms with Crippen LogP contribution in [0.3, 0.4) is 0 Å². The summed E-state index contributed by atoms with van der Waals surface area (Å²) in [6.07, 6.45) is 10.6. The van der Waals surface area contributed by atoms with E-state index in [2.05, 4.69) is 35.6 Å². The first kappa shape index (κ1) is 24.2. The topological polar surface area (TPSA) is 52.0 Å². The van der Waals surface area contributed by atoms with E-state index in [1.807, 2.05) is 43.3 Å². The Morgan fingerprint density at radius 2 is 1.94 bits per heavy atom. The lowest BCUT2D eigenvalue weighted by atomic mass is 9.82. The van der Waals surface area contributed by atoms with Gasteiger partial charge in [0.2, 0.25) is 0 Å². The van der Waals surface area contributed by atoms with E-state index < -0.39 is 0 Å². The molecular formula is C31H30N2O2S. The molecule has 0 amide bonds. The van der Waals surface area contributed by atoms with Crippen LogP contribution in [0.15, 0.2) is 54.6 Å². The van der Waals surface area contributed by atoms with Crippen molar-refractivity contribution in [2.45, 2.75) is 58.4 Å². The number of carbonyl (C=O) groups is 2. The minimum atomic E-state index is 0.127. The van der Waals surface area contributed by atoms with Crippen molar-refractivity contribution in [3.8, 4) is 23.7 Å². The highest BCUT2D eigenvalue weighted by Crippen LogP contribution is 2.40. The van der Waals surface area contributed by atoms with Crippen molar-refractivity contribution in [2.24, 2.45) is 5.92 Å². The van der Waals surface area contributed by atoms with Crippen molar-refractivity contribution >= 4 is 33.9 Å². The van der Waals surface area contributed by atoms with Gasteiger partial charge in [-0.15, -0.1) is 17.8 Å². The molecule has 0 unspecified atom stereocenters. The summed E-state index contributed by atoms with van der Waals surface area (Å²) in [6.45, 7) is 4.00. The van der Waals surface area contributed by atoms with E-state index in [1.165, 1.54) is 16.9 Å². The van der Waals surface area contributed by atoms with Gasteiger partial charge in [-0.05, 0) is 68.0 Å². The fraction of sp³-hybridized carbons (Fsp3) is 0.323. The number of thiophene rings is 1. The van der Waals surface area contributed by atoms with Gasteiger partial charge in [0.1, 0.15) is 5.82 Å². The number of rotatable bonds is 7. The van der Waals surface area contributed by atoms with Crippen molar-refractivity contribution in [1.82, 2.24) is 9.55 Å². The molecule has 2 aromatic carbocycles. The summed E-state index contributed by atoms with van der Waals surface area (Å²) >= 11 is 1.41. The molecule has 1 saturated carbocycles. The third kappa shape index (κ3) is 4.66. The maximum atomic E-state index is 13.0. The highest BCUT2D eigenvalue weighted by atomic mass is 32.1. The van der Waals surface area contributed by atoms with Crippen molar-refractivity contribution < 1.29 is 9.59 Å².